The molecule has 19 heavy (non-hydrogen) atoms. The van der Waals surface area contributed by atoms with Crippen LogP contribution >= 0.6 is 0 Å². The molecule has 1 aromatic heterocycles. The lowest BCUT2D eigenvalue weighted by Gasteiger charge is -2.20. The molecule has 0 spiro atoms. The Labute approximate surface area is 113 Å². The van der Waals surface area contributed by atoms with Crippen LogP contribution in [-0.4, -0.2) is 12.5 Å². The van der Waals surface area contributed by atoms with Crippen LogP contribution in [0.15, 0.2) is 53.5 Å². The number of hydrogen-bond acceptors (Lipinski definition) is 2. The molecule has 1 heterocycles. The molecule has 3 heteroatoms. The van der Waals surface area contributed by atoms with Gasteiger partial charge in [-0.15, -0.1) is 6.58 Å². The summed E-state index contributed by atoms with van der Waals surface area (Å²) in [5, 5.41) is 0. The van der Waals surface area contributed by atoms with E-state index in [0.29, 0.717) is 17.9 Å². The topological polar surface area (TPSA) is 33.5 Å². The number of nitrogens with zero attached hydrogens (tertiary/aromatic N) is 1. The van der Waals surface area contributed by atoms with Gasteiger partial charge in [-0.3, -0.25) is 4.79 Å². The second-order valence-electron chi connectivity index (χ2n) is 4.37. The van der Waals surface area contributed by atoms with Crippen LogP contribution in [0.3, 0.4) is 0 Å². The molecule has 0 saturated carbocycles. The van der Waals surface area contributed by atoms with Crippen molar-refractivity contribution < 1.29 is 9.21 Å². The molecular weight excluding hydrogens is 238 g/mol. The number of amides is 1. The van der Waals surface area contributed by atoms with Gasteiger partial charge in [-0.05, 0) is 32.0 Å². The van der Waals surface area contributed by atoms with Crippen molar-refractivity contribution in [1.82, 2.24) is 0 Å². The van der Waals surface area contributed by atoms with E-state index in [4.69, 9.17) is 4.42 Å². The van der Waals surface area contributed by atoms with E-state index in [2.05, 4.69) is 6.58 Å². The van der Waals surface area contributed by atoms with Crippen LogP contribution in [0.2, 0.25) is 0 Å². The van der Waals surface area contributed by atoms with Gasteiger partial charge >= 0.3 is 0 Å². The smallest absolute Gasteiger partial charge is 0.262 e. The molecule has 0 radical (unpaired) electrons. The van der Waals surface area contributed by atoms with Crippen molar-refractivity contribution in [2.75, 3.05) is 11.4 Å². The van der Waals surface area contributed by atoms with Crippen molar-refractivity contribution in [2.45, 2.75) is 13.8 Å². The number of aryl methyl sites for hydroxylation is 2. The van der Waals surface area contributed by atoms with Crippen LogP contribution in [0.5, 0.6) is 0 Å². The minimum Gasteiger partial charge on any atom is -0.466 e. The van der Waals surface area contributed by atoms with Crippen LogP contribution < -0.4 is 4.90 Å². The van der Waals surface area contributed by atoms with Gasteiger partial charge in [0.2, 0.25) is 0 Å². The molecule has 0 bridgehead atoms. The molecule has 0 atom stereocenters. The van der Waals surface area contributed by atoms with Gasteiger partial charge in [0.25, 0.3) is 5.91 Å². The lowest BCUT2D eigenvalue weighted by molar-refractivity contribution is 0.0988. The highest BCUT2D eigenvalue weighted by Gasteiger charge is 2.20. The van der Waals surface area contributed by atoms with Crippen molar-refractivity contribution in [2.24, 2.45) is 0 Å². The minimum atomic E-state index is -0.0690. The van der Waals surface area contributed by atoms with Crippen LogP contribution in [0.25, 0.3) is 0 Å². The number of anilines is 1. The van der Waals surface area contributed by atoms with E-state index in [1.165, 1.54) is 0 Å². The number of hydrogen-bond donors (Lipinski definition) is 0. The maximum atomic E-state index is 12.6. The van der Waals surface area contributed by atoms with Gasteiger partial charge < -0.3 is 9.32 Å². The highest BCUT2D eigenvalue weighted by Crippen LogP contribution is 2.20. The maximum absolute atomic E-state index is 12.6. The number of benzene rings is 1. The normalized spacial score (nSPS) is 10.2. The second-order valence-corrected chi connectivity index (χ2v) is 4.37. The quantitative estimate of drug-likeness (QED) is 0.780. The zero-order chi connectivity index (χ0) is 13.8. The lowest BCUT2D eigenvalue weighted by Crippen LogP contribution is -2.31. The Bertz CT molecular complexity index is 584. The summed E-state index contributed by atoms with van der Waals surface area (Å²) in [6, 6.07) is 11.3. The third kappa shape index (κ3) is 2.76. The summed E-state index contributed by atoms with van der Waals surface area (Å²) in [4.78, 5) is 14.3. The molecule has 0 unspecified atom stereocenters. The van der Waals surface area contributed by atoms with Crippen LogP contribution in [0.4, 0.5) is 5.69 Å². The lowest BCUT2D eigenvalue weighted by atomic mass is 10.2. The molecule has 0 aliphatic carbocycles. The average molecular weight is 255 g/mol. The molecule has 98 valence electrons. The number of rotatable bonds is 4. The van der Waals surface area contributed by atoms with Gasteiger partial charge in [-0.25, -0.2) is 0 Å². The van der Waals surface area contributed by atoms with E-state index in [-0.39, 0.29) is 5.91 Å². The Hall–Kier alpha value is -2.29. The van der Waals surface area contributed by atoms with E-state index >= 15 is 0 Å². The van der Waals surface area contributed by atoms with E-state index in [0.717, 1.165) is 11.4 Å². The highest BCUT2D eigenvalue weighted by molar-refractivity contribution is 6.07. The number of carbonyl (C=O) groups excluding carboxylic acids is 1. The van der Waals surface area contributed by atoms with Crippen molar-refractivity contribution in [3.8, 4) is 0 Å². The fourth-order valence-corrected chi connectivity index (χ4v) is 2.03. The van der Waals surface area contributed by atoms with E-state index in [9.17, 15) is 4.79 Å². The number of para-hydroxylation sites is 1. The number of carbonyl (C=O) groups is 1. The summed E-state index contributed by atoms with van der Waals surface area (Å²) in [6.07, 6.45) is 1.72. The SMILES string of the molecule is C=CCN(C(=O)c1cc(C)oc1C)c1ccccc1. The van der Waals surface area contributed by atoms with Crippen molar-refractivity contribution in [1.29, 1.82) is 0 Å². The molecule has 0 fully saturated rings. The van der Waals surface area contributed by atoms with Gasteiger partial charge in [-0.2, -0.15) is 0 Å². The van der Waals surface area contributed by atoms with Crippen molar-refractivity contribution in [3.05, 3.63) is 66.1 Å². The summed E-state index contributed by atoms with van der Waals surface area (Å²) in [5.41, 5.74) is 1.45. The Morgan fingerprint density at radius 1 is 1.32 bits per heavy atom. The number of furan rings is 1. The third-order valence-corrected chi connectivity index (χ3v) is 2.90. The zero-order valence-electron chi connectivity index (χ0n) is 11.2. The van der Waals surface area contributed by atoms with E-state index < -0.39 is 0 Å². The molecule has 2 aromatic rings. The first-order valence-electron chi connectivity index (χ1n) is 6.18. The van der Waals surface area contributed by atoms with Crippen molar-refractivity contribution in [3.63, 3.8) is 0 Å². The van der Waals surface area contributed by atoms with Crippen LogP contribution in [-0.2, 0) is 0 Å². The van der Waals surface area contributed by atoms with Crippen molar-refractivity contribution >= 4 is 11.6 Å². The summed E-state index contributed by atoms with van der Waals surface area (Å²) in [7, 11) is 0. The predicted octanol–water partition coefficient (Wildman–Crippen LogP) is 3.73. The molecule has 1 amide bonds. The van der Waals surface area contributed by atoms with Crippen LogP contribution in [0, 0.1) is 13.8 Å². The van der Waals surface area contributed by atoms with Gasteiger partial charge in [0.05, 0.1) is 5.56 Å². The standard InChI is InChI=1S/C16H17NO2/c1-4-10-17(14-8-6-5-7-9-14)16(18)15-11-12(2)19-13(15)3/h4-9,11H,1,10H2,2-3H3. The molecule has 0 aliphatic rings. The Morgan fingerprint density at radius 3 is 2.53 bits per heavy atom. The Kier molecular flexibility index (Phi) is 3.85. The van der Waals surface area contributed by atoms with Gasteiger partial charge in [-0.1, -0.05) is 24.3 Å². The zero-order valence-corrected chi connectivity index (χ0v) is 11.2. The monoisotopic (exact) mass is 255 g/mol. The molecule has 1 aromatic carbocycles. The molecule has 0 aliphatic heterocycles. The summed E-state index contributed by atoms with van der Waals surface area (Å²) < 4.78 is 5.43. The summed E-state index contributed by atoms with van der Waals surface area (Å²) >= 11 is 0. The van der Waals surface area contributed by atoms with E-state index in [1.807, 2.05) is 37.3 Å². The van der Waals surface area contributed by atoms with Gasteiger partial charge in [0, 0.05) is 12.2 Å². The average Bonchev–Trinajstić information content (AvgIpc) is 2.75. The molecule has 3 nitrogen and oxygen atoms in total. The Balaban J connectivity index is 2.37. The summed E-state index contributed by atoms with van der Waals surface area (Å²) in [6.45, 7) is 7.82. The highest BCUT2D eigenvalue weighted by atomic mass is 16.3. The molecule has 0 N–H and O–H groups in total. The minimum absolute atomic E-state index is 0.0690. The first-order chi connectivity index (χ1) is 9.13. The second kappa shape index (κ2) is 5.57. The Morgan fingerprint density at radius 2 is 2.00 bits per heavy atom. The predicted molar refractivity (Wildman–Crippen MR) is 76.5 cm³/mol. The van der Waals surface area contributed by atoms with Gasteiger partial charge in [0.15, 0.2) is 0 Å². The largest absolute Gasteiger partial charge is 0.466 e. The third-order valence-electron chi connectivity index (χ3n) is 2.90. The van der Waals surface area contributed by atoms with Gasteiger partial charge in [0.1, 0.15) is 11.5 Å². The van der Waals surface area contributed by atoms with E-state index in [1.54, 1.807) is 24.0 Å². The maximum Gasteiger partial charge on any atom is 0.262 e. The fraction of sp³-hybridized carbons (Fsp3) is 0.188. The fourth-order valence-electron chi connectivity index (χ4n) is 2.03. The molecule has 2 rings (SSSR count). The van der Waals surface area contributed by atoms with Crippen LogP contribution in [0.1, 0.15) is 21.9 Å². The molecular formula is C16H17NO2. The first-order valence-corrected chi connectivity index (χ1v) is 6.18. The first kappa shape index (κ1) is 13.1. The summed E-state index contributed by atoms with van der Waals surface area (Å²) in [5.74, 6) is 1.32. The molecule has 0 saturated heterocycles.